The first-order chi connectivity index (χ1) is 11.2. The Bertz CT molecular complexity index is 603. The summed E-state index contributed by atoms with van der Waals surface area (Å²) in [5.41, 5.74) is 2.15. The molecule has 3 rings (SSSR count). The minimum Gasteiger partial charge on any atom is -0.348 e. The summed E-state index contributed by atoms with van der Waals surface area (Å²) in [4.78, 5) is 25.6. The van der Waals surface area contributed by atoms with Crippen LogP contribution in [-0.4, -0.2) is 33.8 Å². The third-order valence-corrected chi connectivity index (χ3v) is 4.25. The number of carbonyl (C=O) groups excluding carboxylic acids is 1. The molecule has 0 saturated heterocycles. The molecule has 2 aromatic heterocycles. The molecule has 2 heterocycles. The summed E-state index contributed by atoms with van der Waals surface area (Å²) in [6, 6.07) is 1.95. The molecule has 1 saturated carbocycles. The van der Waals surface area contributed by atoms with Gasteiger partial charge in [-0.1, -0.05) is 19.3 Å². The van der Waals surface area contributed by atoms with Gasteiger partial charge in [0.1, 0.15) is 5.69 Å². The van der Waals surface area contributed by atoms with E-state index in [2.05, 4.69) is 20.3 Å². The topological polar surface area (TPSA) is 67.8 Å². The molecule has 1 N–H and O–H groups in total. The third kappa shape index (κ3) is 5.31. The van der Waals surface area contributed by atoms with Crippen LogP contribution in [0.2, 0.25) is 0 Å². The highest BCUT2D eigenvalue weighted by Crippen LogP contribution is 2.20. The summed E-state index contributed by atoms with van der Waals surface area (Å²) in [7, 11) is 0. The van der Waals surface area contributed by atoms with Gasteiger partial charge in [-0.15, -0.1) is 11.3 Å². The van der Waals surface area contributed by atoms with Crippen LogP contribution in [0, 0.1) is 0 Å². The number of rotatable bonds is 3. The quantitative estimate of drug-likeness (QED) is 0.928. The molecular formula is C15H18F2N4OS. The van der Waals surface area contributed by atoms with E-state index in [0.29, 0.717) is 11.5 Å². The summed E-state index contributed by atoms with van der Waals surface area (Å²) < 4.78 is 19.2. The molecule has 0 unspecified atom stereocenters. The zero-order valence-electron chi connectivity index (χ0n) is 12.5. The minimum absolute atomic E-state index is 0.106. The lowest BCUT2D eigenvalue weighted by molar-refractivity contribution is 0.0922. The minimum atomic E-state index is -1.75. The average molecular weight is 340 g/mol. The zero-order chi connectivity index (χ0) is 16.5. The molecule has 0 radical (unpaired) electrons. The highest BCUT2D eigenvalue weighted by Gasteiger charge is 2.18. The Balaban J connectivity index is 0.000000595. The van der Waals surface area contributed by atoms with E-state index < -0.39 is 6.93 Å². The fourth-order valence-corrected chi connectivity index (χ4v) is 3.00. The van der Waals surface area contributed by atoms with Gasteiger partial charge >= 0.3 is 0 Å². The summed E-state index contributed by atoms with van der Waals surface area (Å²) in [6.07, 6.45) is 9.13. The van der Waals surface area contributed by atoms with Crippen LogP contribution in [0.25, 0.3) is 10.7 Å². The smallest absolute Gasteiger partial charge is 0.270 e. The van der Waals surface area contributed by atoms with E-state index in [4.69, 9.17) is 0 Å². The Kier molecular flexibility index (Phi) is 6.99. The largest absolute Gasteiger partial charge is 0.348 e. The van der Waals surface area contributed by atoms with Gasteiger partial charge in [0.05, 0.1) is 10.4 Å². The molecule has 0 bridgehead atoms. The summed E-state index contributed by atoms with van der Waals surface area (Å²) >= 11 is 1.46. The predicted molar refractivity (Wildman–Crippen MR) is 84.6 cm³/mol. The van der Waals surface area contributed by atoms with Gasteiger partial charge < -0.3 is 5.32 Å². The molecule has 1 aliphatic rings. The molecular weight excluding hydrogens is 322 g/mol. The van der Waals surface area contributed by atoms with E-state index in [-0.39, 0.29) is 11.9 Å². The van der Waals surface area contributed by atoms with E-state index in [1.165, 1.54) is 30.6 Å². The molecule has 5 nitrogen and oxygen atoms in total. The second kappa shape index (κ2) is 9.24. The molecule has 0 aliphatic heterocycles. The first-order valence-corrected chi connectivity index (χ1v) is 8.27. The number of hydrogen-bond donors (Lipinski definition) is 1. The first kappa shape index (κ1) is 17.4. The average Bonchev–Trinajstić information content (AvgIpc) is 3.11. The van der Waals surface area contributed by atoms with Gasteiger partial charge in [0.25, 0.3) is 5.91 Å². The highest BCUT2D eigenvalue weighted by molar-refractivity contribution is 7.13. The molecule has 2 aromatic rings. The lowest BCUT2D eigenvalue weighted by Crippen LogP contribution is -2.36. The fourth-order valence-electron chi connectivity index (χ4n) is 2.44. The van der Waals surface area contributed by atoms with Crippen molar-refractivity contribution < 1.29 is 13.6 Å². The van der Waals surface area contributed by atoms with Crippen LogP contribution in [-0.2, 0) is 0 Å². The molecule has 8 heteroatoms. The van der Waals surface area contributed by atoms with Crippen molar-refractivity contribution in [1.29, 1.82) is 0 Å². The number of thiazole rings is 1. The maximum atomic E-state index is 12.2. The molecule has 1 aliphatic carbocycles. The number of nitrogens with zero attached hydrogens (tertiary/aromatic N) is 3. The van der Waals surface area contributed by atoms with E-state index in [9.17, 15) is 13.6 Å². The van der Waals surface area contributed by atoms with Gasteiger partial charge in [-0.3, -0.25) is 9.78 Å². The van der Waals surface area contributed by atoms with Gasteiger partial charge in [0, 0.05) is 18.4 Å². The van der Waals surface area contributed by atoms with Crippen molar-refractivity contribution in [3.8, 4) is 10.7 Å². The standard InChI is InChI=1S/C14H16N4OS.CH2F2/c19-14(17-10-4-2-1-3-5-10)11-6-7-16-13(18-11)12-8-15-9-20-12;2-1-3/h6-10H,1-5H2,(H,17,19);1H2. The van der Waals surface area contributed by atoms with E-state index in [0.717, 1.165) is 17.7 Å². The predicted octanol–water partition coefficient (Wildman–Crippen LogP) is 3.55. The first-order valence-electron chi connectivity index (χ1n) is 7.39. The fraction of sp³-hybridized carbons (Fsp3) is 0.467. The Labute approximate surface area is 137 Å². The number of halogens is 2. The van der Waals surface area contributed by atoms with Crippen molar-refractivity contribution >= 4 is 17.2 Å². The second-order valence-electron chi connectivity index (χ2n) is 5.04. The molecule has 1 amide bonds. The SMILES string of the molecule is FCF.O=C(NC1CCCCC1)c1ccnc(-c2cncs2)n1. The molecule has 1 fully saturated rings. The number of hydrogen-bond acceptors (Lipinski definition) is 5. The third-order valence-electron chi connectivity index (χ3n) is 3.48. The molecule has 124 valence electrons. The van der Waals surface area contributed by atoms with Crippen LogP contribution in [0.15, 0.2) is 24.0 Å². The number of amides is 1. The number of aromatic nitrogens is 3. The Morgan fingerprint density at radius 1 is 1.30 bits per heavy atom. The van der Waals surface area contributed by atoms with Crippen LogP contribution in [0.5, 0.6) is 0 Å². The van der Waals surface area contributed by atoms with Gasteiger partial charge in [-0.25, -0.2) is 18.7 Å². The van der Waals surface area contributed by atoms with Crippen LogP contribution < -0.4 is 5.32 Å². The van der Waals surface area contributed by atoms with Crippen molar-refractivity contribution in [2.45, 2.75) is 38.1 Å². The van der Waals surface area contributed by atoms with E-state index in [1.54, 1.807) is 24.0 Å². The highest BCUT2D eigenvalue weighted by atomic mass is 32.1. The van der Waals surface area contributed by atoms with Crippen molar-refractivity contribution in [2.24, 2.45) is 0 Å². The Hall–Kier alpha value is -1.96. The summed E-state index contributed by atoms with van der Waals surface area (Å²) in [6.45, 7) is -1.75. The normalized spacial score (nSPS) is 14.7. The summed E-state index contributed by atoms with van der Waals surface area (Å²) in [5, 5.41) is 3.07. The van der Waals surface area contributed by atoms with Gasteiger partial charge in [0.2, 0.25) is 6.93 Å². The number of carbonyl (C=O) groups is 1. The molecule has 0 aromatic carbocycles. The van der Waals surface area contributed by atoms with E-state index in [1.807, 2.05) is 0 Å². The van der Waals surface area contributed by atoms with Crippen LogP contribution in [0.4, 0.5) is 8.78 Å². The summed E-state index contributed by atoms with van der Waals surface area (Å²) in [5.74, 6) is 0.453. The van der Waals surface area contributed by atoms with Gasteiger partial charge in [-0.2, -0.15) is 0 Å². The number of nitrogens with one attached hydrogen (secondary N) is 1. The Morgan fingerprint density at radius 3 is 2.70 bits per heavy atom. The lowest BCUT2D eigenvalue weighted by atomic mass is 9.95. The second-order valence-corrected chi connectivity index (χ2v) is 5.93. The van der Waals surface area contributed by atoms with Crippen LogP contribution >= 0.6 is 11.3 Å². The number of alkyl halides is 2. The van der Waals surface area contributed by atoms with E-state index >= 15 is 0 Å². The van der Waals surface area contributed by atoms with Crippen molar-refractivity contribution in [2.75, 3.05) is 6.93 Å². The lowest BCUT2D eigenvalue weighted by Gasteiger charge is -2.22. The van der Waals surface area contributed by atoms with Gasteiger partial charge in [-0.05, 0) is 18.9 Å². The van der Waals surface area contributed by atoms with Crippen molar-refractivity contribution in [1.82, 2.24) is 20.3 Å². The van der Waals surface area contributed by atoms with Crippen LogP contribution in [0.1, 0.15) is 42.6 Å². The monoisotopic (exact) mass is 340 g/mol. The zero-order valence-corrected chi connectivity index (χ0v) is 13.4. The molecule has 23 heavy (non-hydrogen) atoms. The van der Waals surface area contributed by atoms with Crippen molar-refractivity contribution in [3.05, 3.63) is 29.7 Å². The molecule has 0 atom stereocenters. The van der Waals surface area contributed by atoms with Crippen molar-refractivity contribution in [3.63, 3.8) is 0 Å². The maximum Gasteiger partial charge on any atom is 0.270 e. The van der Waals surface area contributed by atoms with Gasteiger partial charge in [0.15, 0.2) is 5.82 Å². The molecule has 0 spiro atoms. The Morgan fingerprint density at radius 2 is 2.04 bits per heavy atom. The maximum absolute atomic E-state index is 12.2. The van der Waals surface area contributed by atoms with Crippen LogP contribution in [0.3, 0.4) is 0 Å².